The molecule has 0 aliphatic heterocycles. The van der Waals surface area contributed by atoms with Crippen LogP contribution in [0.4, 0.5) is 5.69 Å². The zero-order chi connectivity index (χ0) is 21.1. The third-order valence-corrected chi connectivity index (χ3v) is 5.26. The van der Waals surface area contributed by atoms with Crippen molar-refractivity contribution < 1.29 is 9.53 Å². The second-order valence-corrected chi connectivity index (χ2v) is 7.52. The number of carbonyl (C=O) groups is 1. The van der Waals surface area contributed by atoms with Gasteiger partial charge in [-0.2, -0.15) is 0 Å². The van der Waals surface area contributed by atoms with Gasteiger partial charge in [0.15, 0.2) is 16.6 Å². The van der Waals surface area contributed by atoms with Gasteiger partial charge < -0.3 is 10.1 Å². The lowest BCUT2D eigenvalue weighted by atomic mass is 10.1. The Kier molecular flexibility index (Phi) is 5.53. The van der Waals surface area contributed by atoms with Gasteiger partial charge in [0.1, 0.15) is 5.75 Å². The number of anilines is 1. The van der Waals surface area contributed by atoms with Crippen molar-refractivity contribution in [2.75, 3.05) is 18.2 Å². The van der Waals surface area contributed by atoms with E-state index in [1.807, 2.05) is 31.2 Å². The van der Waals surface area contributed by atoms with Crippen LogP contribution >= 0.6 is 11.8 Å². The predicted molar refractivity (Wildman–Crippen MR) is 116 cm³/mol. The first-order valence-corrected chi connectivity index (χ1v) is 10.1. The number of ether oxygens (including phenoxy) is 1. The molecule has 0 fully saturated rings. The molecule has 0 spiro atoms. The van der Waals surface area contributed by atoms with Crippen LogP contribution in [0.15, 0.2) is 64.5 Å². The fraction of sp³-hybridized carbons (Fsp3) is 0.143. The van der Waals surface area contributed by atoms with Gasteiger partial charge in [0.25, 0.3) is 5.56 Å². The summed E-state index contributed by atoms with van der Waals surface area (Å²) in [6.45, 7) is 2.00. The third-order valence-electron chi connectivity index (χ3n) is 4.32. The Bertz CT molecular complexity index is 1260. The largest absolute Gasteiger partial charge is 0.497 e. The predicted octanol–water partition coefficient (Wildman–Crippen LogP) is 3.13. The molecular weight excluding hydrogens is 402 g/mol. The topological polar surface area (TPSA) is 101 Å². The van der Waals surface area contributed by atoms with Crippen molar-refractivity contribution in [2.45, 2.75) is 12.1 Å². The standard InChI is InChI=1S/C21H19N5O3S/c1-13-6-8-14(9-7-13)20-23-17-11-18(27)25-26(17)21(24-20)30-12-19(28)22-15-4-3-5-16(10-15)29-2/h3-11H,12H2,1-2H3,(H,22,28)(H,25,27). The highest BCUT2D eigenvalue weighted by Gasteiger charge is 2.13. The zero-order valence-electron chi connectivity index (χ0n) is 16.4. The number of amides is 1. The minimum Gasteiger partial charge on any atom is -0.497 e. The van der Waals surface area contributed by atoms with Gasteiger partial charge in [-0.15, -0.1) is 0 Å². The zero-order valence-corrected chi connectivity index (χ0v) is 17.2. The Morgan fingerprint density at radius 2 is 1.97 bits per heavy atom. The molecular formula is C21H19N5O3S. The first kappa shape index (κ1) is 19.7. The lowest BCUT2D eigenvalue weighted by Crippen LogP contribution is -2.15. The average molecular weight is 421 g/mol. The van der Waals surface area contributed by atoms with Gasteiger partial charge in [0, 0.05) is 23.4 Å². The Hall–Kier alpha value is -3.59. The molecule has 0 saturated heterocycles. The fourth-order valence-electron chi connectivity index (χ4n) is 2.84. The number of fused-ring (bicyclic) bond motifs is 1. The van der Waals surface area contributed by atoms with Crippen LogP contribution in [0, 0.1) is 6.92 Å². The Labute approximate surface area is 176 Å². The Balaban J connectivity index is 1.57. The quantitative estimate of drug-likeness (QED) is 0.464. The van der Waals surface area contributed by atoms with Crippen molar-refractivity contribution in [2.24, 2.45) is 0 Å². The van der Waals surface area contributed by atoms with Gasteiger partial charge in [0.05, 0.1) is 12.9 Å². The van der Waals surface area contributed by atoms with E-state index >= 15 is 0 Å². The van der Waals surface area contributed by atoms with E-state index in [0.29, 0.717) is 28.1 Å². The molecule has 1 amide bonds. The van der Waals surface area contributed by atoms with Gasteiger partial charge in [-0.1, -0.05) is 47.7 Å². The van der Waals surface area contributed by atoms with Crippen LogP contribution in [-0.4, -0.2) is 38.4 Å². The van der Waals surface area contributed by atoms with Gasteiger partial charge in [-0.05, 0) is 19.1 Å². The summed E-state index contributed by atoms with van der Waals surface area (Å²) in [5.74, 6) is 1.05. The van der Waals surface area contributed by atoms with Crippen LogP contribution in [0.25, 0.3) is 17.0 Å². The van der Waals surface area contributed by atoms with Gasteiger partial charge in [0.2, 0.25) is 5.91 Å². The second-order valence-electron chi connectivity index (χ2n) is 6.58. The molecule has 4 rings (SSSR count). The maximum atomic E-state index is 12.4. The molecule has 8 nitrogen and oxygen atoms in total. The number of hydrogen-bond donors (Lipinski definition) is 2. The highest BCUT2D eigenvalue weighted by atomic mass is 32.2. The van der Waals surface area contributed by atoms with Crippen LogP contribution in [-0.2, 0) is 4.79 Å². The summed E-state index contributed by atoms with van der Waals surface area (Å²) in [7, 11) is 1.57. The number of rotatable bonds is 6. The second kappa shape index (κ2) is 8.42. The first-order valence-electron chi connectivity index (χ1n) is 9.15. The van der Waals surface area contributed by atoms with E-state index in [0.717, 1.165) is 11.1 Å². The summed E-state index contributed by atoms with van der Waals surface area (Å²) in [6.07, 6.45) is 0. The molecule has 152 valence electrons. The van der Waals surface area contributed by atoms with E-state index in [2.05, 4.69) is 20.4 Å². The van der Waals surface area contributed by atoms with Crippen LogP contribution in [0.5, 0.6) is 5.75 Å². The first-order chi connectivity index (χ1) is 14.5. The Morgan fingerprint density at radius 1 is 1.17 bits per heavy atom. The van der Waals surface area contributed by atoms with Crippen molar-refractivity contribution in [3.63, 3.8) is 0 Å². The molecule has 2 N–H and O–H groups in total. The number of benzene rings is 2. The van der Waals surface area contributed by atoms with Crippen LogP contribution in [0.3, 0.4) is 0 Å². The molecule has 4 aromatic rings. The number of H-pyrrole nitrogens is 1. The van der Waals surface area contributed by atoms with Crippen molar-refractivity contribution in [1.82, 2.24) is 19.6 Å². The van der Waals surface area contributed by atoms with Crippen LogP contribution in [0.2, 0.25) is 0 Å². The fourth-order valence-corrected chi connectivity index (χ4v) is 3.59. The molecule has 2 aromatic carbocycles. The summed E-state index contributed by atoms with van der Waals surface area (Å²) >= 11 is 1.21. The number of aryl methyl sites for hydroxylation is 1. The summed E-state index contributed by atoms with van der Waals surface area (Å²) in [5, 5.41) is 5.97. The number of thioether (sulfide) groups is 1. The highest BCUT2D eigenvalue weighted by molar-refractivity contribution is 7.99. The van der Waals surface area contributed by atoms with Crippen molar-refractivity contribution in [3.05, 3.63) is 70.5 Å². The minimum absolute atomic E-state index is 0.108. The van der Waals surface area contributed by atoms with Crippen LogP contribution < -0.4 is 15.6 Å². The Morgan fingerprint density at radius 3 is 2.73 bits per heavy atom. The molecule has 2 heterocycles. The highest BCUT2D eigenvalue weighted by Crippen LogP contribution is 2.22. The number of nitrogens with one attached hydrogen (secondary N) is 2. The van der Waals surface area contributed by atoms with Gasteiger partial charge in [-0.3, -0.25) is 14.7 Å². The minimum atomic E-state index is -0.284. The molecule has 0 saturated carbocycles. The van der Waals surface area contributed by atoms with Crippen LogP contribution in [0.1, 0.15) is 5.56 Å². The van der Waals surface area contributed by atoms with E-state index in [9.17, 15) is 9.59 Å². The molecule has 2 aromatic heterocycles. The van der Waals surface area contributed by atoms with Crippen molar-refractivity contribution in [3.8, 4) is 17.1 Å². The molecule has 0 bridgehead atoms. The SMILES string of the molecule is COc1cccc(NC(=O)CSc2nc(-c3ccc(C)cc3)nc3cc(=O)[nH]n23)c1. The van der Waals surface area contributed by atoms with Gasteiger partial charge >= 0.3 is 0 Å². The normalized spacial score (nSPS) is 10.9. The average Bonchev–Trinajstić information content (AvgIpc) is 3.13. The van der Waals surface area contributed by atoms with E-state index in [-0.39, 0.29) is 17.2 Å². The summed E-state index contributed by atoms with van der Waals surface area (Å²) < 4.78 is 6.66. The molecule has 0 aliphatic rings. The van der Waals surface area contributed by atoms with Gasteiger partial charge in [-0.25, -0.2) is 14.5 Å². The van der Waals surface area contributed by atoms with E-state index in [4.69, 9.17) is 4.74 Å². The molecule has 30 heavy (non-hydrogen) atoms. The number of aromatic nitrogens is 4. The summed E-state index contributed by atoms with van der Waals surface area (Å²) in [5.41, 5.74) is 2.76. The lowest BCUT2D eigenvalue weighted by Gasteiger charge is -2.09. The maximum absolute atomic E-state index is 12.4. The third kappa shape index (κ3) is 4.36. The lowest BCUT2D eigenvalue weighted by molar-refractivity contribution is -0.113. The number of hydrogen-bond acceptors (Lipinski definition) is 6. The number of aromatic amines is 1. The molecule has 0 aliphatic carbocycles. The molecule has 0 radical (unpaired) electrons. The number of nitrogens with zero attached hydrogens (tertiary/aromatic N) is 3. The number of carbonyl (C=O) groups excluding carboxylic acids is 1. The summed E-state index contributed by atoms with van der Waals surface area (Å²) in [6, 6.07) is 16.3. The smallest absolute Gasteiger partial charge is 0.266 e. The summed E-state index contributed by atoms with van der Waals surface area (Å²) in [4.78, 5) is 33.3. The van der Waals surface area contributed by atoms with E-state index in [1.165, 1.54) is 22.3 Å². The van der Waals surface area contributed by atoms with E-state index < -0.39 is 0 Å². The van der Waals surface area contributed by atoms with Crippen molar-refractivity contribution >= 4 is 29.0 Å². The molecule has 0 atom stereocenters. The van der Waals surface area contributed by atoms with E-state index in [1.54, 1.807) is 31.4 Å². The number of methoxy groups -OCH3 is 1. The molecule has 0 unspecified atom stereocenters. The molecule has 9 heteroatoms. The van der Waals surface area contributed by atoms with Crippen molar-refractivity contribution in [1.29, 1.82) is 0 Å². The monoisotopic (exact) mass is 421 g/mol. The maximum Gasteiger partial charge on any atom is 0.266 e.